The number of ether oxygens (including phenoxy) is 1. The Labute approximate surface area is 145 Å². The monoisotopic (exact) mass is 339 g/mol. The van der Waals surface area contributed by atoms with E-state index in [9.17, 15) is 9.59 Å². The lowest BCUT2D eigenvalue weighted by molar-refractivity contribution is -0.148. The fourth-order valence-corrected chi connectivity index (χ4v) is 4.08. The molecule has 1 aliphatic carbocycles. The average Bonchev–Trinajstić information content (AvgIpc) is 2.55. The Balaban J connectivity index is 1.78. The first-order valence-corrected chi connectivity index (χ1v) is 9.43. The summed E-state index contributed by atoms with van der Waals surface area (Å²) in [6, 6.07) is 0. The number of morpholine rings is 1. The zero-order chi connectivity index (χ0) is 17.7. The molecule has 1 amide bonds. The lowest BCUT2D eigenvalue weighted by Gasteiger charge is -2.39. The van der Waals surface area contributed by atoms with Crippen molar-refractivity contribution in [2.24, 2.45) is 17.3 Å². The first-order valence-electron chi connectivity index (χ1n) is 9.43. The van der Waals surface area contributed by atoms with Gasteiger partial charge in [0.25, 0.3) is 0 Å². The zero-order valence-electron chi connectivity index (χ0n) is 15.4. The molecule has 2 rings (SSSR count). The molecular weight excluding hydrogens is 306 g/mol. The molecule has 0 aromatic rings. The van der Waals surface area contributed by atoms with Crippen molar-refractivity contribution in [2.45, 2.75) is 71.8 Å². The van der Waals surface area contributed by atoms with Crippen LogP contribution in [-0.2, 0) is 14.3 Å². The molecule has 0 aromatic heterocycles. The highest BCUT2D eigenvalue weighted by molar-refractivity contribution is 5.76. The molecule has 1 heterocycles. The number of nitrogens with zero attached hydrogens (tertiary/aromatic N) is 1. The van der Waals surface area contributed by atoms with Crippen LogP contribution in [0.1, 0.15) is 65.7 Å². The maximum absolute atomic E-state index is 12.6. The second-order valence-corrected chi connectivity index (χ2v) is 8.19. The Kier molecular flexibility index (Phi) is 6.67. The van der Waals surface area contributed by atoms with Gasteiger partial charge >= 0.3 is 5.97 Å². The molecule has 138 valence electrons. The van der Waals surface area contributed by atoms with Crippen LogP contribution in [0.5, 0.6) is 0 Å². The smallest absolute Gasteiger partial charge is 0.306 e. The molecule has 1 unspecified atom stereocenters. The second-order valence-electron chi connectivity index (χ2n) is 8.19. The molecule has 0 spiro atoms. The third kappa shape index (κ3) is 5.20. The van der Waals surface area contributed by atoms with Gasteiger partial charge in [0.15, 0.2) is 0 Å². The summed E-state index contributed by atoms with van der Waals surface area (Å²) < 4.78 is 5.45. The summed E-state index contributed by atoms with van der Waals surface area (Å²) in [5.74, 6) is 0.567. The summed E-state index contributed by atoms with van der Waals surface area (Å²) in [5.41, 5.74) is 0.406. The van der Waals surface area contributed by atoms with Gasteiger partial charge in [-0.15, -0.1) is 0 Å². The highest BCUT2D eigenvalue weighted by Gasteiger charge is 2.33. The first kappa shape index (κ1) is 19.2. The standard InChI is InChI=1S/C19H33NO4/c1-4-19(2,3)15-7-5-14(6-8-15)11-17(21)20-9-10-24-16(13-20)12-18(22)23/h14-16H,4-13H2,1-3H3,(H,22,23). The summed E-state index contributed by atoms with van der Waals surface area (Å²) in [6.07, 6.45) is 6.17. The van der Waals surface area contributed by atoms with Crippen LogP contribution in [0, 0.1) is 17.3 Å². The van der Waals surface area contributed by atoms with Crippen LogP contribution in [0.4, 0.5) is 0 Å². The molecule has 24 heavy (non-hydrogen) atoms. The third-order valence-electron chi connectivity index (χ3n) is 6.22. The third-order valence-corrected chi connectivity index (χ3v) is 6.22. The van der Waals surface area contributed by atoms with Gasteiger partial charge in [-0.3, -0.25) is 9.59 Å². The number of carbonyl (C=O) groups is 2. The Morgan fingerprint density at radius 1 is 1.17 bits per heavy atom. The molecule has 0 bridgehead atoms. The van der Waals surface area contributed by atoms with Crippen molar-refractivity contribution < 1.29 is 19.4 Å². The van der Waals surface area contributed by atoms with Crippen molar-refractivity contribution in [1.82, 2.24) is 4.90 Å². The van der Waals surface area contributed by atoms with Crippen molar-refractivity contribution in [3.8, 4) is 0 Å². The van der Waals surface area contributed by atoms with Crippen LogP contribution in [0.2, 0.25) is 0 Å². The summed E-state index contributed by atoms with van der Waals surface area (Å²) >= 11 is 0. The van der Waals surface area contributed by atoms with Crippen LogP contribution in [0.15, 0.2) is 0 Å². The number of carbonyl (C=O) groups excluding carboxylic acids is 1. The molecule has 1 N–H and O–H groups in total. The lowest BCUT2D eigenvalue weighted by atomic mass is 9.67. The fraction of sp³-hybridized carbons (Fsp3) is 0.895. The molecule has 5 heteroatoms. The van der Waals surface area contributed by atoms with Gasteiger partial charge < -0.3 is 14.7 Å². The van der Waals surface area contributed by atoms with Gasteiger partial charge in [-0.1, -0.05) is 27.2 Å². The van der Waals surface area contributed by atoms with E-state index in [1.807, 2.05) is 0 Å². The molecule has 1 aliphatic heterocycles. The minimum atomic E-state index is -0.869. The van der Waals surface area contributed by atoms with Crippen molar-refractivity contribution in [1.29, 1.82) is 0 Å². The molecule has 2 fully saturated rings. The lowest BCUT2D eigenvalue weighted by Crippen LogP contribution is -2.46. The van der Waals surface area contributed by atoms with Gasteiger partial charge in [0, 0.05) is 19.5 Å². The maximum Gasteiger partial charge on any atom is 0.306 e. The summed E-state index contributed by atoms with van der Waals surface area (Å²) in [6.45, 7) is 8.44. The zero-order valence-corrected chi connectivity index (χ0v) is 15.4. The van der Waals surface area contributed by atoms with Gasteiger partial charge in [0.2, 0.25) is 5.91 Å². The van der Waals surface area contributed by atoms with E-state index in [2.05, 4.69) is 20.8 Å². The number of carboxylic acids is 1. The van der Waals surface area contributed by atoms with E-state index in [0.717, 1.165) is 18.8 Å². The number of rotatable bonds is 6. The van der Waals surface area contributed by atoms with E-state index in [1.54, 1.807) is 4.90 Å². The Hall–Kier alpha value is -1.10. The Bertz CT molecular complexity index is 441. The fourth-order valence-electron chi connectivity index (χ4n) is 4.08. The maximum atomic E-state index is 12.6. The largest absolute Gasteiger partial charge is 0.481 e. The Morgan fingerprint density at radius 2 is 1.83 bits per heavy atom. The van der Waals surface area contributed by atoms with Gasteiger partial charge in [-0.2, -0.15) is 0 Å². The average molecular weight is 339 g/mol. The van der Waals surface area contributed by atoms with E-state index >= 15 is 0 Å². The number of aliphatic carboxylic acids is 1. The molecular formula is C19H33NO4. The second kappa shape index (κ2) is 8.32. The summed E-state index contributed by atoms with van der Waals surface area (Å²) in [7, 11) is 0. The van der Waals surface area contributed by atoms with Crippen LogP contribution >= 0.6 is 0 Å². The molecule has 2 aliphatic rings. The van der Waals surface area contributed by atoms with E-state index in [1.165, 1.54) is 19.3 Å². The van der Waals surface area contributed by atoms with E-state index in [4.69, 9.17) is 9.84 Å². The van der Waals surface area contributed by atoms with Crippen molar-refractivity contribution in [3.63, 3.8) is 0 Å². The SMILES string of the molecule is CCC(C)(C)C1CCC(CC(=O)N2CCOC(CC(=O)O)C2)CC1. The van der Waals surface area contributed by atoms with Gasteiger partial charge in [0.1, 0.15) is 0 Å². The number of hydrogen-bond acceptors (Lipinski definition) is 3. The van der Waals surface area contributed by atoms with Crippen LogP contribution in [0.3, 0.4) is 0 Å². The highest BCUT2D eigenvalue weighted by Crippen LogP contribution is 2.42. The molecule has 1 atom stereocenters. The van der Waals surface area contributed by atoms with E-state index in [-0.39, 0.29) is 18.4 Å². The number of hydrogen-bond donors (Lipinski definition) is 1. The number of carboxylic acid groups (broad SMARTS) is 1. The van der Waals surface area contributed by atoms with Crippen molar-refractivity contribution >= 4 is 11.9 Å². The summed E-state index contributed by atoms with van der Waals surface area (Å²) in [5, 5.41) is 8.88. The molecule has 0 aromatic carbocycles. The van der Waals surface area contributed by atoms with E-state index in [0.29, 0.717) is 37.5 Å². The normalized spacial score (nSPS) is 28.6. The Morgan fingerprint density at radius 3 is 2.42 bits per heavy atom. The van der Waals surface area contributed by atoms with Gasteiger partial charge in [-0.05, 0) is 42.9 Å². The van der Waals surface area contributed by atoms with Crippen molar-refractivity contribution in [2.75, 3.05) is 19.7 Å². The molecule has 5 nitrogen and oxygen atoms in total. The number of amides is 1. The summed E-state index contributed by atoms with van der Waals surface area (Å²) in [4.78, 5) is 25.2. The van der Waals surface area contributed by atoms with Gasteiger partial charge in [-0.25, -0.2) is 0 Å². The van der Waals surface area contributed by atoms with E-state index < -0.39 is 5.97 Å². The van der Waals surface area contributed by atoms with Crippen LogP contribution in [0.25, 0.3) is 0 Å². The quantitative estimate of drug-likeness (QED) is 0.806. The predicted molar refractivity (Wildman–Crippen MR) is 92.7 cm³/mol. The van der Waals surface area contributed by atoms with Crippen molar-refractivity contribution in [3.05, 3.63) is 0 Å². The minimum Gasteiger partial charge on any atom is -0.481 e. The molecule has 0 radical (unpaired) electrons. The predicted octanol–water partition coefficient (Wildman–Crippen LogP) is 3.32. The highest BCUT2D eigenvalue weighted by atomic mass is 16.5. The minimum absolute atomic E-state index is 0.0268. The molecule has 1 saturated heterocycles. The van der Waals surface area contributed by atoms with Gasteiger partial charge in [0.05, 0.1) is 19.1 Å². The molecule has 1 saturated carbocycles. The van der Waals surface area contributed by atoms with Crippen LogP contribution < -0.4 is 0 Å². The topological polar surface area (TPSA) is 66.8 Å². The van der Waals surface area contributed by atoms with Crippen LogP contribution in [-0.4, -0.2) is 47.7 Å². The first-order chi connectivity index (χ1) is 11.3.